The molecule has 0 spiro atoms. The Morgan fingerprint density at radius 1 is 1.28 bits per heavy atom. The molecule has 0 fully saturated rings. The monoisotopic (exact) mass is 305 g/mol. The number of carbonyl (C=O) groups is 1. The van der Waals surface area contributed by atoms with Crippen LogP contribution in [0.25, 0.3) is 0 Å². The minimum Gasteiger partial charge on any atom is -0.356 e. The van der Waals surface area contributed by atoms with Gasteiger partial charge in [-0.25, -0.2) is 8.42 Å². The molecule has 18 heavy (non-hydrogen) atoms. The van der Waals surface area contributed by atoms with Crippen LogP contribution in [0.3, 0.4) is 0 Å². The summed E-state index contributed by atoms with van der Waals surface area (Å²) in [6.45, 7) is 2.72. The molecule has 96 valence electrons. The standard InChI is InChI=1S/C11H9Cl2NO3S/c1-5-11(6(2)15)18(16,17)8-4-3-7(12)9(13)10(8)14-5/h3-4,14H,1-2H3. The van der Waals surface area contributed by atoms with Gasteiger partial charge in [-0.15, -0.1) is 0 Å². The van der Waals surface area contributed by atoms with E-state index in [1.165, 1.54) is 26.0 Å². The Labute approximate surface area is 115 Å². The zero-order chi connectivity index (χ0) is 13.7. The minimum atomic E-state index is -3.85. The van der Waals surface area contributed by atoms with Gasteiger partial charge in [0.25, 0.3) is 0 Å². The van der Waals surface area contributed by atoms with Crippen LogP contribution in [0.4, 0.5) is 5.69 Å². The SMILES string of the molecule is CC(=O)C1=C(C)Nc2c(ccc(Cl)c2Cl)S1(=O)=O. The fourth-order valence-corrected chi connectivity index (χ4v) is 4.03. The second-order valence-corrected chi connectivity index (χ2v) is 6.51. The van der Waals surface area contributed by atoms with Crippen LogP contribution in [0, 0.1) is 0 Å². The number of anilines is 1. The van der Waals surface area contributed by atoms with E-state index in [4.69, 9.17) is 23.2 Å². The number of carbonyl (C=O) groups excluding carboxylic acids is 1. The second-order valence-electron chi connectivity index (χ2n) is 3.87. The normalized spacial score (nSPS) is 17.1. The van der Waals surface area contributed by atoms with Gasteiger partial charge in [-0.1, -0.05) is 23.2 Å². The molecule has 1 aromatic carbocycles. The molecular formula is C11H9Cl2NO3S. The van der Waals surface area contributed by atoms with E-state index in [0.717, 1.165) is 0 Å². The Bertz CT molecular complexity index is 692. The topological polar surface area (TPSA) is 63.2 Å². The lowest BCUT2D eigenvalue weighted by Gasteiger charge is -2.22. The highest BCUT2D eigenvalue weighted by Gasteiger charge is 2.34. The highest BCUT2D eigenvalue weighted by molar-refractivity contribution is 7.96. The summed E-state index contributed by atoms with van der Waals surface area (Å²) >= 11 is 11.8. The number of sulfone groups is 1. The van der Waals surface area contributed by atoms with Crippen molar-refractivity contribution in [1.82, 2.24) is 0 Å². The van der Waals surface area contributed by atoms with Crippen LogP contribution in [0.5, 0.6) is 0 Å². The molecule has 7 heteroatoms. The summed E-state index contributed by atoms with van der Waals surface area (Å²) in [5.41, 5.74) is 0.464. The number of hydrogen-bond donors (Lipinski definition) is 1. The Morgan fingerprint density at radius 2 is 1.89 bits per heavy atom. The molecule has 0 amide bonds. The number of ketones is 1. The molecule has 0 unspecified atom stereocenters. The highest BCUT2D eigenvalue weighted by atomic mass is 35.5. The number of rotatable bonds is 1. The first-order chi connectivity index (χ1) is 8.26. The van der Waals surface area contributed by atoms with Crippen LogP contribution < -0.4 is 5.32 Å². The average Bonchev–Trinajstić information content (AvgIpc) is 2.22. The van der Waals surface area contributed by atoms with E-state index in [2.05, 4.69) is 5.32 Å². The number of benzene rings is 1. The van der Waals surface area contributed by atoms with Crippen LogP contribution in [-0.2, 0) is 14.6 Å². The van der Waals surface area contributed by atoms with E-state index in [1.807, 2.05) is 0 Å². The summed E-state index contributed by atoms with van der Waals surface area (Å²) in [5, 5.41) is 3.19. The average molecular weight is 306 g/mol. The van der Waals surface area contributed by atoms with Crippen molar-refractivity contribution in [2.45, 2.75) is 18.7 Å². The predicted molar refractivity (Wildman–Crippen MR) is 70.7 cm³/mol. The van der Waals surface area contributed by atoms with Crippen LogP contribution in [0.2, 0.25) is 10.0 Å². The zero-order valence-corrected chi connectivity index (χ0v) is 11.9. The molecule has 0 aromatic heterocycles. The maximum absolute atomic E-state index is 12.3. The molecule has 0 saturated carbocycles. The first-order valence-electron chi connectivity index (χ1n) is 4.98. The van der Waals surface area contributed by atoms with Crippen molar-refractivity contribution >= 4 is 44.5 Å². The van der Waals surface area contributed by atoms with Gasteiger partial charge in [-0.05, 0) is 26.0 Å². The van der Waals surface area contributed by atoms with E-state index >= 15 is 0 Å². The zero-order valence-electron chi connectivity index (χ0n) is 9.54. The third-order valence-electron chi connectivity index (χ3n) is 2.59. The lowest BCUT2D eigenvalue weighted by Crippen LogP contribution is -2.22. The molecule has 0 radical (unpaired) electrons. The lowest BCUT2D eigenvalue weighted by atomic mass is 10.2. The quantitative estimate of drug-likeness (QED) is 0.866. The summed E-state index contributed by atoms with van der Waals surface area (Å²) in [6.07, 6.45) is 0. The predicted octanol–water partition coefficient (Wildman–Crippen LogP) is 3.01. The van der Waals surface area contributed by atoms with Crippen LogP contribution in [-0.4, -0.2) is 14.2 Å². The summed E-state index contributed by atoms with van der Waals surface area (Å²) in [6, 6.07) is 2.72. The van der Waals surface area contributed by atoms with Gasteiger partial charge in [0.15, 0.2) is 5.78 Å². The van der Waals surface area contributed by atoms with Gasteiger partial charge in [-0.3, -0.25) is 4.79 Å². The molecule has 2 rings (SSSR count). The van der Waals surface area contributed by atoms with Gasteiger partial charge in [0, 0.05) is 5.70 Å². The molecule has 0 bridgehead atoms. The molecular weight excluding hydrogens is 297 g/mol. The molecule has 0 atom stereocenters. The van der Waals surface area contributed by atoms with E-state index in [-0.39, 0.29) is 31.2 Å². The molecule has 0 aliphatic carbocycles. The Hall–Kier alpha value is -1.04. The van der Waals surface area contributed by atoms with E-state index < -0.39 is 15.6 Å². The summed E-state index contributed by atoms with van der Waals surface area (Å²) in [5.74, 6) is -0.517. The van der Waals surface area contributed by atoms with Crippen LogP contribution in [0.1, 0.15) is 13.8 Å². The van der Waals surface area contributed by atoms with Gasteiger partial charge in [0.2, 0.25) is 9.84 Å². The fourth-order valence-electron chi connectivity index (χ4n) is 1.88. The third kappa shape index (κ3) is 1.83. The maximum atomic E-state index is 12.3. The Balaban J connectivity index is 2.82. The number of hydrogen-bond acceptors (Lipinski definition) is 4. The summed E-state index contributed by atoms with van der Waals surface area (Å²) in [4.78, 5) is 11.2. The van der Waals surface area contributed by atoms with E-state index in [0.29, 0.717) is 0 Å². The second kappa shape index (κ2) is 4.26. The van der Waals surface area contributed by atoms with Crippen LogP contribution >= 0.6 is 23.2 Å². The maximum Gasteiger partial charge on any atom is 0.213 e. The van der Waals surface area contributed by atoms with Crippen molar-refractivity contribution in [2.24, 2.45) is 0 Å². The van der Waals surface area contributed by atoms with Crippen molar-refractivity contribution in [3.8, 4) is 0 Å². The van der Waals surface area contributed by atoms with Crippen molar-refractivity contribution in [3.05, 3.63) is 32.8 Å². The fraction of sp³-hybridized carbons (Fsp3) is 0.182. The molecule has 1 aromatic rings. The van der Waals surface area contributed by atoms with Crippen molar-refractivity contribution in [1.29, 1.82) is 0 Å². The smallest absolute Gasteiger partial charge is 0.213 e. The number of allylic oxidation sites excluding steroid dienone is 2. The summed E-state index contributed by atoms with van der Waals surface area (Å²) in [7, 11) is -3.85. The molecule has 0 saturated heterocycles. The molecule has 1 aliphatic rings. The third-order valence-corrected chi connectivity index (χ3v) is 5.44. The van der Waals surface area contributed by atoms with Gasteiger partial charge < -0.3 is 5.32 Å². The first-order valence-corrected chi connectivity index (χ1v) is 7.22. The van der Waals surface area contributed by atoms with Gasteiger partial charge >= 0.3 is 0 Å². The minimum absolute atomic E-state index is 0.0345. The number of nitrogens with one attached hydrogen (secondary N) is 1. The van der Waals surface area contributed by atoms with Crippen molar-refractivity contribution < 1.29 is 13.2 Å². The van der Waals surface area contributed by atoms with Gasteiger partial charge in [-0.2, -0.15) is 0 Å². The Morgan fingerprint density at radius 3 is 2.44 bits per heavy atom. The van der Waals surface area contributed by atoms with Crippen LogP contribution in [0.15, 0.2) is 27.6 Å². The van der Waals surface area contributed by atoms with E-state index in [1.54, 1.807) is 0 Å². The first kappa shape index (κ1) is 13.4. The van der Waals surface area contributed by atoms with Crippen molar-refractivity contribution in [2.75, 3.05) is 5.32 Å². The van der Waals surface area contributed by atoms with Gasteiger partial charge in [0.05, 0.1) is 20.6 Å². The van der Waals surface area contributed by atoms with Gasteiger partial charge in [0.1, 0.15) is 4.91 Å². The summed E-state index contributed by atoms with van der Waals surface area (Å²) < 4.78 is 24.6. The Kier molecular flexibility index (Phi) is 3.17. The number of fused-ring (bicyclic) bond motifs is 1. The lowest BCUT2D eigenvalue weighted by molar-refractivity contribution is -0.113. The number of halogens is 2. The highest BCUT2D eigenvalue weighted by Crippen LogP contribution is 2.41. The largest absolute Gasteiger partial charge is 0.356 e. The molecule has 1 aliphatic heterocycles. The molecule has 4 nitrogen and oxygen atoms in total. The molecule has 1 N–H and O–H groups in total. The van der Waals surface area contributed by atoms with E-state index in [9.17, 15) is 13.2 Å². The number of Topliss-reactive ketones (excluding diaryl/α,β-unsaturated/α-hetero) is 1. The molecule has 1 heterocycles. The van der Waals surface area contributed by atoms with Crippen molar-refractivity contribution in [3.63, 3.8) is 0 Å².